The molecular weight excluding hydrogens is 248 g/mol. The number of hydrogen-bond acceptors (Lipinski definition) is 3. The lowest BCUT2D eigenvalue weighted by Gasteiger charge is -2.33. The standard InChI is InChI=1S/C14H22N2O.ClH/c1-12-4-3-5-14(10-12)17-9-8-16-7-6-15-11-13(16)2;/h3-5,10,13,15H,6-9,11H2,1-2H3;1H/t13-;/m1./s1. The van der Waals surface area contributed by atoms with Crippen LogP contribution in [0.25, 0.3) is 0 Å². The molecule has 1 heterocycles. The summed E-state index contributed by atoms with van der Waals surface area (Å²) in [6.07, 6.45) is 0. The van der Waals surface area contributed by atoms with Crippen LogP contribution in [0.2, 0.25) is 0 Å². The highest BCUT2D eigenvalue weighted by atomic mass is 35.5. The van der Waals surface area contributed by atoms with E-state index in [0.29, 0.717) is 6.04 Å². The first-order valence-corrected chi connectivity index (χ1v) is 6.40. The van der Waals surface area contributed by atoms with Crippen LogP contribution in [0.1, 0.15) is 12.5 Å². The van der Waals surface area contributed by atoms with Crippen molar-refractivity contribution in [3.05, 3.63) is 29.8 Å². The van der Waals surface area contributed by atoms with Gasteiger partial charge >= 0.3 is 0 Å². The maximum absolute atomic E-state index is 5.78. The third kappa shape index (κ3) is 4.48. The van der Waals surface area contributed by atoms with Crippen LogP contribution in [0.4, 0.5) is 0 Å². The molecule has 4 heteroatoms. The van der Waals surface area contributed by atoms with Gasteiger partial charge in [0.2, 0.25) is 0 Å². The summed E-state index contributed by atoms with van der Waals surface area (Å²) < 4.78 is 5.78. The van der Waals surface area contributed by atoms with Gasteiger partial charge in [-0.3, -0.25) is 4.90 Å². The van der Waals surface area contributed by atoms with E-state index in [0.717, 1.165) is 38.5 Å². The highest BCUT2D eigenvalue weighted by molar-refractivity contribution is 5.85. The number of piperazine rings is 1. The molecule has 0 spiro atoms. The Morgan fingerprint density at radius 3 is 3.00 bits per heavy atom. The molecule has 3 nitrogen and oxygen atoms in total. The third-order valence-corrected chi connectivity index (χ3v) is 3.28. The summed E-state index contributed by atoms with van der Waals surface area (Å²) in [7, 11) is 0. The lowest BCUT2D eigenvalue weighted by molar-refractivity contribution is 0.143. The summed E-state index contributed by atoms with van der Waals surface area (Å²) in [6.45, 7) is 9.44. The van der Waals surface area contributed by atoms with Crippen molar-refractivity contribution in [3.63, 3.8) is 0 Å². The van der Waals surface area contributed by atoms with Crippen LogP contribution in [0, 0.1) is 6.92 Å². The van der Waals surface area contributed by atoms with Gasteiger partial charge in [-0.25, -0.2) is 0 Å². The fourth-order valence-corrected chi connectivity index (χ4v) is 2.20. The molecule has 1 fully saturated rings. The molecule has 1 saturated heterocycles. The van der Waals surface area contributed by atoms with Crippen LogP contribution in [0.15, 0.2) is 24.3 Å². The van der Waals surface area contributed by atoms with E-state index in [4.69, 9.17) is 4.74 Å². The van der Waals surface area contributed by atoms with Crippen LogP contribution < -0.4 is 10.1 Å². The molecule has 102 valence electrons. The smallest absolute Gasteiger partial charge is 0.119 e. The first-order chi connectivity index (χ1) is 8.25. The Labute approximate surface area is 116 Å². The monoisotopic (exact) mass is 270 g/mol. The molecule has 0 unspecified atom stereocenters. The summed E-state index contributed by atoms with van der Waals surface area (Å²) in [5, 5.41) is 3.40. The molecule has 2 rings (SSSR count). The van der Waals surface area contributed by atoms with E-state index < -0.39 is 0 Å². The number of halogens is 1. The summed E-state index contributed by atoms with van der Waals surface area (Å²) in [5.74, 6) is 0.979. The van der Waals surface area contributed by atoms with Gasteiger partial charge < -0.3 is 10.1 Å². The second-order valence-electron chi connectivity index (χ2n) is 4.75. The van der Waals surface area contributed by atoms with Gasteiger partial charge in [0.15, 0.2) is 0 Å². The van der Waals surface area contributed by atoms with E-state index in [9.17, 15) is 0 Å². The number of nitrogens with one attached hydrogen (secondary N) is 1. The molecule has 0 aromatic heterocycles. The van der Waals surface area contributed by atoms with E-state index in [-0.39, 0.29) is 12.4 Å². The average molecular weight is 271 g/mol. The topological polar surface area (TPSA) is 24.5 Å². The van der Waals surface area contributed by atoms with Gasteiger partial charge in [0.05, 0.1) is 0 Å². The zero-order valence-corrected chi connectivity index (χ0v) is 12.0. The zero-order chi connectivity index (χ0) is 12.1. The first kappa shape index (κ1) is 15.3. The highest BCUT2D eigenvalue weighted by Gasteiger charge is 2.16. The van der Waals surface area contributed by atoms with E-state index in [2.05, 4.69) is 36.2 Å². The third-order valence-electron chi connectivity index (χ3n) is 3.28. The lowest BCUT2D eigenvalue weighted by atomic mass is 10.2. The van der Waals surface area contributed by atoms with E-state index in [1.165, 1.54) is 5.56 Å². The predicted molar refractivity (Wildman–Crippen MR) is 77.8 cm³/mol. The minimum Gasteiger partial charge on any atom is -0.492 e. The molecule has 1 atom stereocenters. The van der Waals surface area contributed by atoms with Crippen molar-refractivity contribution in [1.82, 2.24) is 10.2 Å². The molecule has 1 N–H and O–H groups in total. The first-order valence-electron chi connectivity index (χ1n) is 6.40. The Morgan fingerprint density at radius 1 is 1.44 bits per heavy atom. The van der Waals surface area contributed by atoms with Crippen molar-refractivity contribution in [2.45, 2.75) is 19.9 Å². The zero-order valence-electron chi connectivity index (χ0n) is 11.2. The minimum atomic E-state index is 0. The molecule has 1 aliphatic heterocycles. The molecular formula is C14H23ClN2O. The van der Waals surface area contributed by atoms with Gasteiger partial charge in [-0.05, 0) is 31.5 Å². The number of ether oxygens (including phenoxy) is 1. The fraction of sp³-hybridized carbons (Fsp3) is 0.571. The molecule has 1 aromatic rings. The molecule has 0 aliphatic carbocycles. The summed E-state index contributed by atoms with van der Waals surface area (Å²) in [6, 6.07) is 8.85. The van der Waals surface area contributed by atoms with Crippen molar-refractivity contribution in [2.24, 2.45) is 0 Å². The SMILES string of the molecule is Cc1cccc(OCCN2CCNC[C@H]2C)c1.Cl. The highest BCUT2D eigenvalue weighted by Crippen LogP contribution is 2.12. The summed E-state index contributed by atoms with van der Waals surface area (Å²) in [5.41, 5.74) is 1.25. The molecule has 0 saturated carbocycles. The van der Waals surface area contributed by atoms with Gasteiger partial charge in [-0.2, -0.15) is 0 Å². The number of hydrogen-bond donors (Lipinski definition) is 1. The van der Waals surface area contributed by atoms with Crippen molar-refractivity contribution < 1.29 is 4.74 Å². The number of benzene rings is 1. The predicted octanol–water partition coefficient (Wildman–Crippen LogP) is 2.09. The van der Waals surface area contributed by atoms with Crippen molar-refractivity contribution >= 4 is 12.4 Å². The Bertz CT molecular complexity index is 359. The van der Waals surface area contributed by atoms with Crippen molar-refractivity contribution in [2.75, 3.05) is 32.8 Å². The normalized spacial score (nSPS) is 20.2. The average Bonchev–Trinajstić information content (AvgIpc) is 2.32. The van der Waals surface area contributed by atoms with E-state index >= 15 is 0 Å². The van der Waals surface area contributed by atoms with Crippen LogP contribution in [0.3, 0.4) is 0 Å². The fourth-order valence-electron chi connectivity index (χ4n) is 2.20. The number of rotatable bonds is 4. The lowest BCUT2D eigenvalue weighted by Crippen LogP contribution is -2.50. The molecule has 0 amide bonds. The molecule has 1 aromatic carbocycles. The Morgan fingerprint density at radius 2 is 2.28 bits per heavy atom. The largest absolute Gasteiger partial charge is 0.492 e. The van der Waals surface area contributed by atoms with Gasteiger partial charge in [0.25, 0.3) is 0 Å². The van der Waals surface area contributed by atoms with Crippen LogP contribution in [-0.2, 0) is 0 Å². The Balaban J connectivity index is 0.00000162. The van der Waals surface area contributed by atoms with Crippen molar-refractivity contribution in [3.8, 4) is 5.75 Å². The van der Waals surface area contributed by atoms with Gasteiger partial charge in [-0.15, -0.1) is 12.4 Å². The Hall–Kier alpha value is -0.770. The van der Waals surface area contributed by atoms with Gasteiger partial charge in [0.1, 0.15) is 12.4 Å². The molecule has 18 heavy (non-hydrogen) atoms. The second-order valence-corrected chi connectivity index (χ2v) is 4.75. The maximum Gasteiger partial charge on any atom is 0.119 e. The van der Waals surface area contributed by atoms with Crippen LogP contribution in [0.5, 0.6) is 5.75 Å². The van der Waals surface area contributed by atoms with E-state index in [1.807, 2.05) is 12.1 Å². The molecule has 1 aliphatic rings. The second kappa shape index (κ2) is 7.62. The molecule has 0 radical (unpaired) electrons. The van der Waals surface area contributed by atoms with Crippen LogP contribution >= 0.6 is 12.4 Å². The quantitative estimate of drug-likeness (QED) is 0.907. The summed E-state index contributed by atoms with van der Waals surface area (Å²) in [4.78, 5) is 2.48. The number of aryl methyl sites for hydroxylation is 1. The van der Waals surface area contributed by atoms with Gasteiger partial charge in [0, 0.05) is 32.2 Å². The summed E-state index contributed by atoms with van der Waals surface area (Å²) >= 11 is 0. The Kier molecular flexibility index (Phi) is 6.47. The number of nitrogens with zero attached hydrogens (tertiary/aromatic N) is 1. The van der Waals surface area contributed by atoms with Crippen molar-refractivity contribution in [1.29, 1.82) is 0 Å². The van der Waals surface area contributed by atoms with Crippen LogP contribution in [-0.4, -0.2) is 43.7 Å². The molecule has 0 bridgehead atoms. The minimum absolute atomic E-state index is 0. The van der Waals surface area contributed by atoms with E-state index in [1.54, 1.807) is 0 Å². The van der Waals surface area contributed by atoms with Gasteiger partial charge in [-0.1, -0.05) is 12.1 Å². The maximum atomic E-state index is 5.78.